The standard InChI is InChI=1S/C17H13F4NO3S/c18-10-2-1-8(7-9(10)17(19,20)21)14-15-11(3-4-13(15)23)22-12-5-6-26(24,25)16(12)14/h1-2,7,14,22H,3-6H2. The van der Waals surface area contributed by atoms with Crippen molar-refractivity contribution < 1.29 is 30.8 Å². The molecule has 1 N–H and O–H groups in total. The molecule has 0 saturated carbocycles. The van der Waals surface area contributed by atoms with Crippen LogP contribution in [0.5, 0.6) is 0 Å². The zero-order chi connectivity index (χ0) is 18.9. The number of nitrogens with one attached hydrogen (secondary N) is 1. The molecule has 2 aliphatic heterocycles. The Balaban J connectivity index is 1.95. The summed E-state index contributed by atoms with van der Waals surface area (Å²) in [4.78, 5) is 12.3. The van der Waals surface area contributed by atoms with Gasteiger partial charge in [-0.05, 0) is 24.1 Å². The summed E-state index contributed by atoms with van der Waals surface area (Å²) < 4.78 is 77.9. The van der Waals surface area contributed by atoms with Crippen molar-refractivity contribution in [3.05, 3.63) is 57.0 Å². The number of rotatable bonds is 1. The van der Waals surface area contributed by atoms with E-state index < -0.39 is 33.3 Å². The molecular formula is C17H13F4NO3S. The summed E-state index contributed by atoms with van der Waals surface area (Å²) >= 11 is 0. The Labute approximate surface area is 146 Å². The SMILES string of the molecule is O=C1CCC2=C1C(c1ccc(F)c(C(F)(F)F)c1)C1=C(CCS1(=O)=O)N2. The van der Waals surface area contributed by atoms with Crippen LogP contribution in [0.2, 0.25) is 0 Å². The monoisotopic (exact) mass is 387 g/mol. The molecule has 0 spiro atoms. The first-order chi connectivity index (χ1) is 12.1. The summed E-state index contributed by atoms with van der Waals surface area (Å²) in [6, 6.07) is 2.40. The highest BCUT2D eigenvalue weighted by molar-refractivity contribution is 7.95. The van der Waals surface area contributed by atoms with Crippen molar-refractivity contribution in [2.24, 2.45) is 0 Å². The number of carbonyl (C=O) groups is 1. The molecule has 1 aromatic rings. The van der Waals surface area contributed by atoms with Gasteiger partial charge in [0, 0.05) is 29.8 Å². The normalized spacial score (nSPS) is 24.6. The lowest BCUT2D eigenvalue weighted by Crippen LogP contribution is -2.26. The Bertz CT molecular complexity index is 1010. The molecule has 0 saturated heterocycles. The van der Waals surface area contributed by atoms with Gasteiger partial charge in [-0.25, -0.2) is 12.8 Å². The molecule has 1 atom stereocenters. The maximum absolute atomic E-state index is 13.7. The molecule has 1 unspecified atom stereocenters. The highest BCUT2D eigenvalue weighted by Gasteiger charge is 2.46. The van der Waals surface area contributed by atoms with E-state index in [0.29, 0.717) is 29.9 Å². The number of hydrogen-bond donors (Lipinski definition) is 1. The van der Waals surface area contributed by atoms with E-state index in [9.17, 15) is 30.8 Å². The molecule has 0 aromatic heterocycles. The van der Waals surface area contributed by atoms with Crippen molar-refractivity contribution in [2.75, 3.05) is 5.75 Å². The molecular weight excluding hydrogens is 374 g/mol. The third-order valence-corrected chi connectivity index (χ3v) is 6.86. The van der Waals surface area contributed by atoms with Crippen molar-refractivity contribution in [1.29, 1.82) is 0 Å². The van der Waals surface area contributed by atoms with Gasteiger partial charge >= 0.3 is 6.18 Å². The number of carbonyl (C=O) groups excluding carboxylic acids is 1. The number of hydrogen-bond acceptors (Lipinski definition) is 4. The zero-order valence-corrected chi connectivity index (χ0v) is 14.1. The Morgan fingerprint density at radius 2 is 1.81 bits per heavy atom. The van der Waals surface area contributed by atoms with Crippen LogP contribution in [-0.2, 0) is 20.8 Å². The first-order valence-corrected chi connectivity index (χ1v) is 9.60. The summed E-state index contributed by atoms with van der Waals surface area (Å²) in [5.74, 6) is -3.02. The van der Waals surface area contributed by atoms with Crippen LogP contribution in [0.4, 0.5) is 17.6 Å². The lowest BCUT2D eigenvalue weighted by Gasteiger charge is -2.28. The molecule has 3 aliphatic rings. The second-order valence-electron chi connectivity index (χ2n) is 6.52. The van der Waals surface area contributed by atoms with Crippen LogP contribution in [0.3, 0.4) is 0 Å². The average molecular weight is 387 g/mol. The molecule has 9 heteroatoms. The van der Waals surface area contributed by atoms with Crippen molar-refractivity contribution in [1.82, 2.24) is 5.32 Å². The van der Waals surface area contributed by atoms with E-state index in [4.69, 9.17) is 0 Å². The maximum Gasteiger partial charge on any atom is 0.419 e. The fraction of sp³-hybridized carbons (Fsp3) is 0.353. The van der Waals surface area contributed by atoms with E-state index in [-0.39, 0.29) is 40.4 Å². The number of dihydropyridines is 1. The van der Waals surface area contributed by atoms with Gasteiger partial charge in [-0.3, -0.25) is 4.79 Å². The van der Waals surface area contributed by atoms with Gasteiger partial charge < -0.3 is 5.32 Å². The first kappa shape index (κ1) is 17.3. The molecule has 0 fully saturated rings. The zero-order valence-electron chi connectivity index (χ0n) is 13.3. The summed E-state index contributed by atoms with van der Waals surface area (Å²) in [6.45, 7) is 0. The van der Waals surface area contributed by atoms with Crippen molar-refractivity contribution in [2.45, 2.75) is 31.4 Å². The number of halogens is 4. The van der Waals surface area contributed by atoms with E-state index in [1.54, 1.807) is 0 Å². The summed E-state index contributed by atoms with van der Waals surface area (Å²) in [5, 5.41) is 2.98. The van der Waals surface area contributed by atoms with Gasteiger partial charge in [0.1, 0.15) is 5.82 Å². The fourth-order valence-electron chi connectivity index (χ4n) is 3.85. The Kier molecular flexibility index (Phi) is 3.60. The predicted molar refractivity (Wildman–Crippen MR) is 84.0 cm³/mol. The van der Waals surface area contributed by atoms with Gasteiger partial charge in [-0.15, -0.1) is 0 Å². The minimum Gasteiger partial charge on any atom is -0.361 e. The van der Waals surface area contributed by atoms with Crippen LogP contribution in [-0.4, -0.2) is 20.0 Å². The number of benzene rings is 1. The minimum atomic E-state index is -4.92. The maximum atomic E-state index is 13.7. The molecule has 1 aromatic carbocycles. The molecule has 0 radical (unpaired) electrons. The van der Waals surface area contributed by atoms with E-state index in [2.05, 4.69) is 5.32 Å². The van der Waals surface area contributed by atoms with Crippen LogP contribution in [0.1, 0.15) is 36.3 Å². The Morgan fingerprint density at radius 3 is 2.50 bits per heavy atom. The second kappa shape index (κ2) is 5.42. The summed E-state index contributed by atoms with van der Waals surface area (Å²) in [7, 11) is -3.71. The summed E-state index contributed by atoms with van der Waals surface area (Å²) in [6.07, 6.45) is -4.15. The number of ketones is 1. The van der Waals surface area contributed by atoms with E-state index in [1.807, 2.05) is 0 Å². The van der Waals surface area contributed by atoms with E-state index in [1.165, 1.54) is 0 Å². The lowest BCUT2D eigenvalue weighted by atomic mass is 9.85. The Morgan fingerprint density at radius 1 is 1.08 bits per heavy atom. The van der Waals surface area contributed by atoms with Gasteiger partial charge in [-0.2, -0.15) is 13.2 Å². The second-order valence-corrected chi connectivity index (χ2v) is 8.60. The third-order valence-electron chi connectivity index (χ3n) is 4.96. The first-order valence-electron chi connectivity index (χ1n) is 7.95. The highest BCUT2D eigenvalue weighted by atomic mass is 32.2. The number of allylic oxidation sites excluding steroid dienone is 4. The number of Topliss-reactive ketones (excluding diaryl/α,β-unsaturated/α-hetero) is 1. The highest BCUT2D eigenvalue weighted by Crippen LogP contribution is 2.48. The molecule has 138 valence electrons. The smallest absolute Gasteiger partial charge is 0.361 e. The quantitative estimate of drug-likeness (QED) is 0.752. The molecule has 0 amide bonds. The van der Waals surface area contributed by atoms with E-state index >= 15 is 0 Å². The number of sulfone groups is 1. The predicted octanol–water partition coefficient (Wildman–Crippen LogP) is 3.18. The average Bonchev–Trinajstić information content (AvgIpc) is 3.06. The van der Waals surface area contributed by atoms with Gasteiger partial charge in [0.05, 0.1) is 22.1 Å². The van der Waals surface area contributed by atoms with Crippen molar-refractivity contribution in [3.8, 4) is 0 Å². The molecule has 1 aliphatic carbocycles. The van der Waals surface area contributed by atoms with Crippen LogP contribution in [0.15, 0.2) is 40.1 Å². The number of alkyl halides is 3. The molecule has 4 rings (SSSR count). The minimum absolute atomic E-state index is 0.0408. The van der Waals surface area contributed by atoms with Crippen molar-refractivity contribution in [3.63, 3.8) is 0 Å². The van der Waals surface area contributed by atoms with E-state index in [0.717, 1.165) is 6.07 Å². The van der Waals surface area contributed by atoms with Crippen LogP contribution in [0, 0.1) is 5.82 Å². The lowest BCUT2D eigenvalue weighted by molar-refractivity contribution is -0.140. The third kappa shape index (κ3) is 2.48. The summed E-state index contributed by atoms with van der Waals surface area (Å²) in [5.41, 5.74) is -0.372. The van der Waals surface area contributed by atoms with Gasteiger partial charge in [0.2, 0.25) is 0 Å². The van der Waals surface area contributed by atoms with Gasteiger partial charge in [-0.1, -0.05) is 6.07 Å². The molecule has 26 heavy (non-hydrogen) atoms. The van der Waals surface area contributed by atoms with Gasteiger partial charge in [0.15, 0.2) is 15.6 Å². The van der Waals surface area contributed by atoms with Crippen LogP contribution in [0.25, 0.3) is 0 Å². The molecule has 0 bridgehead atoms. The molecule has 2 heterocycles. The van der Waals surface area contributed by atoms with Crippen LogP contribution < -0.4 is 5.32 Å². The largest absolute Gasteiger partial charge is 0.419 e. The van der Waals surface area contributed by atoms with Gasteiger partial charge in [0.25, 0.3) is 0 Å². The fourth-order valence-corrected chi connectivity index (χ4v) is 5.68. The topological polar surface area (TPSA) is 63.2 Å². The Hall–Kier alpha value is -2.16. The van der Waals surface area contributed by atoms with Crippen LogP contribution >= 0.6 is 0 Å². The van der Waals surface area contributed by atoms with Crippen molar-refractivity contribution >= 4 is 15.6 Å². The molecule has 4 nitrogen and oxygen atoms in total.